The van der Waals surface area contributed by atoms with Crippen molar-refractivity contribution in [1.29, 1.82) is 0 Å². The van der Waals surface area contributed by atoms with Gasteiger partial charge in [-0.3, -0.25) is 14.3 Å². The smallest absolute Gasteiger partial charge is 0.254 e. The lowest BCUT2D eigenvalue weighted by Gasteiger charge is -2.29. The fourth-order valence-electron chi connectivity index (χ4n) is 5.27. The van der Waals surface area contributed by atoms with E-state index in [1.54, 1.807) is 0 Å². The van der Waals surface area contributed by atoms with Crippen LogP contribution in [-0.4, -0.2) is 57.8 Å². The van der Waals surface area contributed by atoms with Crippen molar-refractivity contribution in [2.24, 2.45) is 11.8 Å². The predicted octanol–water partition coefficient (Wildman–Crippen LogP) is 1.75. The van der Waals surface area contributed by atoms with Gasteiger partial charge in [-0.2, -0.15) is 5.10 Å². The summed E-state index contributed by atoms with van der Waals surface area (Å²) in [4.78, 5) is 26.8. The quantitative estimate of drug-likeness (QED) is 0.823. The summed E-state index contributed by atoms with van der Waals surface area (Å²) in [7, 11) is 0. The summed E-state index contributed by atoms with van der Waals surface area (Å²) < 4.78 is 8.20. The Balaban J connectivity index is 1.41. The fraction of sp³-hybridized carbons (Fsp3) is 0.750. The van der Waals surface area contributed by atoms with Crippen molar-refractivity contribution < 1.29 is 14.3 Å². The van der Waals surface area contributed by atoms with Crippen LogP contribution in [-0.2, 0) is 16.1 Å². The molecule has 4 heterocycles. The number of carbonyl (C=O) groups excluding carboxylic acids is 2. The zero-order chi connectivity index (χ0) is 19.2. The van der Waals surface area contributed by atoms with Crippen LogP contribution in [0.3, 0.4) is 0 Å². The lowest BCUT2D eigenvalue weighted by molar-refractivity contribution is -0.131. The average Bonchev–Trinajstić information content (AvgIpc) is 3.38. The number of aryl methyl sites for hydroxylation is 2. The minimum Gasteiger partial charge on any atom is -0.369 e. The summed E-state index contributed by atoms with van der Waals surface area (Å²) in [5.74, 6) is 0.748. The minimum atomic E-state index is -0.174. The number of nitrogens with zero attached hydrogens (tertiary/aromatic N) is 3. The van der Waals surface area contributed by atoms with Crippen LogP contribution in [0.4, 0.5) is 0 Å². The molecule has 0 unspecified atom stereocenters. The molecule has 4 atom stereocenters. The van der Waals surface area contributed by atoms with Crippen LogP contribution < -0.4 is 5.32 Å². The molecule has 1 N–H and O–H groups in total. The van der Waals surface area contributed by atoms with Crippen molar-refractivity contribution in [3.63, 3.8) is 0 Å². The zero-order valence-corrected chi connectivity index (χ0v) is 16.5. The normalized spacial score (nSPS) is 31.4. The highest BCUT2D eigenvalue weighted by Gasteiger charge is 2.63. The van der Waals surface area contributed by atoms with Gasteiger partial charge in [-0.25, -0.2) is 0 Å². The van der Waals surface area contributed by atoms with Crippen LogP contribution in [0.5, 0.6) is 0 Å². The second-order valence-electron chi connectivity index (χ2n) is 8.26. The van der Waals surface area contributed by atoms with E-state index in [1.165, 1.54) is 0 Å². The predicted molar refractivity (Wildman–Crippen MR) is 100 cm³/mol. The third kappa shape index (κ3) is 3.06. The molecule has 0 saturated carbocycles. The Morgan fingerprint density at radius 1 is 1.41 bits per heavy atom. The maximum atomic E-state index is 12.7. The Morgan fingerprint density at radius 3 is 2.96 bits per heavy atom. The molecule has 27 heavy (non-hydrogen) atoms. The molecule has 7 nitrogen and oxygen atoms in total. The Bertz CT molecular complexity index is 746. The van der Waals surface area contributed by atoms with Gasteiger partial charge in [0.2, 0.25) is 5.91 Å². The molecule has 3 aliphatic rings. The second-order valence-corrected chi connectivity index (χ2v) is 8.26. The van der Waals surface area contributed by atoms with Gasteiger partial charge in [0.1, 0.15) is 0 Å². The van der Waals surface area contributed by atoms with Gasteiger partial charge in [0.25, 0.3) is 5.91 Å². The lowest BCUT2D eigenvalue weighted by Crippen LogP contribution is -2.42. The third-order valence-electron chi connectivity index (χ3n) is 6.58. The highest BCUT2D eigenvalue weighted by atomic mass is 16.5. The molecule has 1 spiro atoms. The average molecular weight is 374 g/mol. The number of fused-ring (bicyclic) bond motifs is 1. The van der Waals surface area contributed by atoms with Gasteiger partial charge >= 0.3 is 0 Å². The van der Waals surface area contributed by atoms with Gasteiger partial charge in [-0.1, -0.05) is 13.8 Å². The summed E-state index contributed by atoms with van der Waals surface area (Å²) in [6.07, 6.45) is 5.62. The van der Waals surface area contributed by atoms with Crippen molar-refractivity contribution in [3.05, 3.63) is 17.5 Å². The first-order valence-corrected chi connectivity index (χ1v) is 10.2. The molecule has 3 fully saturated rings. The van der Waals surface area contributed by atoms with E-state index in [2.05, 4.69) is 17.3 Å². The maximum absolute atomic E-state index is 12.7. The standard InChI is InChI=1S/C20H30N4O3/c1-4-8-24-10-15(13(3)22-24)19(26)21-9-14-16-11-23(18(25)5-2)12-20(16)7-6-17(14)27-20/h10,14,16-17H,4-9,11-12H2,1-3H3,(H,21,26)/t14-,16+,17+,20+/m0/s1. The van der Waals surface area contributed by atoms with E-state index in [-0.39, 0.29) is 29.4 Å². The molecule has 0 aliphatic carbocycles. The van der Waals surface area contributed by atoms with E-state index in [0.717, 1.165) is 38.0 Å². The van der Waals surface area contributed by atoms with E-state index < -0.39 is 0 Å². The highest BCUT2D eigenvalue weighted by molar-refractivity contribution is 5.95. The molecular formula is C20H30N4O3. The number of hydrogen-bond acceptors (Lipinski definition) is 4. The van der Waals surface area contributed by atoms with E-state index in [1.807, 2.05) is 29.6 Å². The number of likely N-dealkylation sites (tertiary alicyclic amines) is 1. The first kappa shape index (κ1) is 18.5. The SMILES string of the molecule is CCCn1cc(C(=O)NC[C@H]2[C@H]3CN(C(=O)CC)C[C@]34CC[C@H]2O4)c(C)n1. The van der Waals surface area contributed by atoms with E-state index in [0.29, 0.717) is 31.0 Å². The molecule has 148 valence electrons. The van der Waals surface area contributed by atoms with Gasteiger partial charge in [-0.15, -0.1) is 0 Å². The maximum Gasteiger partial charge on any atom is 0.254 e. The number of nitrogens with one attached hydrogen (secondary N) is 1. The molecule has 7 heteroatoms. The van der Waals surface area contributed by atoms with Gasteiger partial charge in [0.15, 0.2) is 0 Å². The summed E-state index contributed by atoms with van der Waals surface area (Å²) in [5.41, 5.74) is 1.24. The molecule has 3 aliphatic heterocycles. The summed E-state index contributed by atoms with van der Waals surface area (Å²) in [5, 5.41) is 7.53. The molecular weight excluding hydrogens is 344 g/mol. The van der Waals surface area contributed by atoms with Gasteiger partial charge < -0.3 is 15.0 Å². The zero-order valence-electron chi connectivity index (χ0n) is 16.5. The topological polar surface area (TPSA) is 76.5 Å². The first-order chi connectivity index (χ1) is 13.0. The Hall–Kier alpha value is -1.89. The van der Waals surface area contributed by atoms with Crippen molar-refractivity contribution in [2.75, 3.05) is 19.6 Å². The van der Waals surface area contributed by atoms with Crippen LogP contribution in [0.1, 0.15) is 55.6 Å². The molecule has 2 bridgehead atoms. The van der Waals surface area contributed by atoms with Crippen LogP contribution in [0.15, 0.2) is 6.20 Å². The number of hydrogen-bond donors (Lipinski definition) is 1. The van der Waals surface area contributed by atoms with Crippen LogP contribution >= 0.6 is 0 Å². The summed E-state index contributed by atoms with van der Waals surface area (Å²) >= 11 is 0. The Morgan fingerprint density at radius 2 is 2.22 bits per heavy atom. The molecule has 0 aromatic carbocycles. The molecule has 4 rings (SSSR count). The van der Waals surface area contributed by atoms with Crippen molar-refractivity contribution in [1.82, 2.24) is 20.0 Å². The molecule has 1 aromatic heterocycles. The second kappa shape index (κ2) is 6.93. The minimum absolute atomic E-state index is 0.0637. The van der Waals surface area contributed by atoms with E-state index in [4.69, 9.17) is 4.74 Å². The van der Waals surface area contributed by atoms with Crippen molar-refractivity contribution >= 4 is 11.8 Å². The fourth-order valence-corrected chi connectivity index (χ4v) is 5.27. The Labute approximate surface area is 160 Å². The number of amides is 2. The van der Waals surface area contributed by atoms with E-state index >= 15 is 0 Å². The Kier molecular flexibility index (Phi) is 4.74. The first-order valence-electron chi connectivity index (χ1n) is 10.2. The van der Waals surface area contributed by atoms with Crippen molar-refractivity contribution in [2.45, 2.75) is 64.7 Å². The number of aromatic nitrogens is 2. The molecule has 3 saturated heterocycles. The number of carbonyl (C=O) groups is 2. The third-order valence-corrected chi connectivity index (χ3v) is 6.58. The summed E-state index contributed by atoms with van der Waals surface area (Å²) in [6.45, 7) is 8.77. The highest BCUT2D eigenvalue weighted by Crippen LogP contribution is 2.54. The van der Waals surface area contributed by atoms with Crippen LogP contribution in [0.2, 0.25) is 0 Å². The van der Waals surface area contributed by atoms with Crippen LogP contribution in [0.25, 0.3) is 0 Å². The number of rotatable bonds is 6. The largest absolute Gasteiger partial charge is 0.369 e. The lowest BCUT2D eigenvalue weighted by atomic mass is 9.73. The molecule has 2 amide bonds. The monoisotopic (exact) mass is 374 g/mol. The molecule has 0 radical (unpaired) electrons. The van der Waals surface area contributed by atoms with E-state index in [9.17, 15) is 9.59 Å². The van der Waals surface area contributed by atoms with Gasteiger partial charge in [0.05, 0.1) is 29.5 Å². The summed E-state index contributed by atoms with van der Waals surface area (Å²) in [6, 6.07) is 0. The molecule has 1 aromatic rings. The van der Waals surface area contributed by atoms with Gasteiger partial charge in [0, 0.05) is 44.1 Å². The van der Waals surface area contributed by atoms with Gasteiger partial charge in [-0.05, 0) is 26.2 Å². The van der Waals surface area contributed by atoms with Crippen molar-refractivity contribution in [3.8, 4) is 0 Å². The number of ether oxygens (including phenoxy) is 1. The van der Waals surface area contributed by atoms with Crippen LogP contribution in [0, 0.1) is 18.8 Å².